The normalized spacial score (nSPS) is 25.8. The summed E-state index contributed by atoms with van der Waals surface area (Å²) in [6.07, 6.45) is 3.45. The molecular formula is C28H26FNO3. The average Bonchev–Trinajstić information content (AvgIpc) is 3.28. The molecule has 1 saturated carbocycles. The quantitative estimate of drug-likeness (QED) is 0.559. The zero-order valence-electron chi connectivity index (χ0n) is 18.7. The predicted octanol–water partition coefficient (Wildman–Crippen LogP) is 5.58. The largest absolute Gasteiger partial charge is 0.481 e. The number of pyridine rings is 1. The molecular weight excluding hydrogens is 417 g/mol. The SMILES string of the molecule is CC1(C)CC(c2ccccc2F)c2cc(COc3cc4c(cn3)[C@H]3[C@@H](C4)[C@@H]3C(=O)O)ccc21. The van der Waals surface area contributed by atoms with Crippen LogP contribution in [0.3, 0.4) is 0 Å². The molecule has 0 saturated heterocycles. The first kappa shape index (κ1) is 20.4. The molecule has 5 heteroatoms. The van der Waals surface area contributed by atoms with Crippen LogP contribution in [0.5, 0.6) is 5.88 Å². The van der Waals surface area contributed by atoms with Gasteiger partial charge in [-0.2, -0.15) is 0 Å². The van der Waals surface area contributed by atoms with Crippen molar-refractivity contribution in [3.63, 3.8) is 0 Å². The molecule has 4 atom stereocenters. The zero-order chi connectivity index (χ0) is 22.9. The van der Waals surface area contributed by atoms with Crippen molar-refractivity contribution in [2.24, 2.45) is 11.8 Å². The number of aromatic nitrogens is 1. The van der Waals surface area contributed by atoms with Crippen molar-refractivity contribution in [3.05, 3.63) is 93.9 Å². The number of carboxylic acid groups (broad SMARTS) is 1. The highest BCUT2D eigenvalue weighted by Gasteiger charge is 2.59. The first-order valence-electron chi connectivity index (χ1n) is 11.6. The topological polar surface area (TPSA) is 59.4 Å². The molecule has 0 amide bonds. The minimum atomic E-state index is -0.704. The van der Waals surface area contributed by atoms with Gasteiger partial charge in [-0.3, -0.25) is 4.79 Å². The molecule has 4 nitrogen and oxygen atoms in total. The highest BCUT2D eigenvalue weighted by atomic mass is 19.1. The third-order valence-corrected chi connectivity index (χ3v) is 7.87. The van der Waals surface area contributed by atoms with Gasteiger partial charge in [0.2, 0.25) is 5.88 Å². The second kappa shape index (κ2) is 7.14. The van der Waals surface area contributed by atoms with Gasteiger partial charge in [-0.15, -0.1) is 0 Å². The Kier molecular flexibility index (Phi) is 4.42. The third kappa shape index (κ3) is 3.25. The summed E-state index contributed by atoms with van der Waals surface area (Å²) in [7, 11) is 0. The van der Waals surface area contributed by atoms with Gasteiger partial charge in [0.05, 0.1) is 5.92 Å². The van der Waals surface area contributed by atoms with E-state index in [1.165, 1.54) is 17.2 Å². The zero-order valence-corrected chi connectivity index (χ0v) is 18.7. The van der Waals surface area contributed by atoms with E-state index in [0.717, 1.165) is 35.1 Å². The van der Waals surface area contributed by atoms with E-state index in [4.69, 9.17) is 4.74 Å². The lowest BCUT2D eigenvalue weighted by molar-refractivity contribution is -0.139. The van der Waals surface area contributed by atoms with E-state index in [0.29, 0.717) is 12.5 Å². The van der Waals surface area contributed by atoms with Gasteiger partial charge in [-0.1, -0.05) is 50.2 Å². The number of hydrogen-bond acceptors (Lipinski definition) is 3. The summed E-state index contributed by atoms with van der Waals surface area (Å²) >= 11 is 0. The van der Waals surface area contributed by atoms with Crippen molar-refractivity contribution in [1.82, 2.24) is 4.98 Å². The molecule has 1 aromatic heterocycles. The summed E-state index contributed by atoms with van der Waals surface area (Å²) in [5.41, 5.74) is 6.42. The lowest BCUT2D eigenvalue weighted by Crippen LogP contribution is -2.12. The molecule has 3 aromatic rings. The van der Waals surface area contributed by atoms with E-state index in [9.17, 15) is 14.3 Å². The van der Waals surface area contributed by atoms with Gasteiger partial charge in [0.15, 0.2) is 0 Å². The summed E-state index contributed by atoms with van der Waals surface area (Å²) in [4.78, 5) is 15.7. The summed E-state index contributed by atoms with van der Waals surface area (Å²) in [5.74, 6) is -0.178. The van der Waals surface area contributed by atoms with Gasteiger partial charge in [0.25, 0.3) is 0 Å². The molecule has 1 heterocycles. The number of ether oxygens (including phenoxy) is 1. The van der Waals surface area contributed by atoms with E-state index < -0.39 is 5.97 Å². The Morgan fingerprint density at radius 2 is 1.97 bits per heavy atom. The Balaban J connectivity index is 1.22. The van der Waals surface area contributed by atoms with Crippen molar-refractivity contribution in [1.29, 1.82) is 0 Å². The van der Waals surface area contributed by atoms with E-state index in [2.05, 4.69) is 37.0 Å². The molecule has 0 aliphatic heterocycles. The van der Waals surface area contributed by atoms with Gasteiger partial charge in [0.1, 0.15) is 12.4 Å². The summed E-state index contributed by atoms with van der Waals surface area (Å²) in [6, 6.07) is 15.4. The van der Waals surface area contributed by atoms with Crippen molar-refractivity contribution in [2.45, 2.75) is 50.5 Å². The lowest BCUT2D eigenvalue weighted by atomic mass is 9.85. The fraction of sp³-hybridized carbons (Fsp3) is 0.357. The van der Waals surface area contributed by atoms with Crippen LogP contribution in [0.1, 0.15) is 65.5 Å². The highest BCUT2D eigenvalue weighted by molar-refractivity contribution is 5.77. The Bertz CT molecular complexity index is 1280. The fourth-order valence-electron chi connectivity index (χ4n) is 6.21. The Hall–Kier alpha value is -3.21. The Labute approximate surface area is 192 Å². The maximum absolute atomic E-state index is 14.6. The molecule has 0 radical (unpaired) electrons. The Morgan fingerprint density at radius 1 is 1.15 bits per heavy atom. The second-order valence-corrected chi connectivity index (χ2v) is 10.4. The number of benzene rings is 2. The van der Waals surface area contributed by atoms with Crippen molar-refractivity contribution >= 4 is 5.97 Å². The van der Waals surface area contributed by atoms with Crippen LogP contribution in [0.25, 0.3) is 0 Å². The van der Waals surface area contributed by atoms with Gasteiger partial charge in [-0.05, 0) is 63.6 Å². The maximum atomic E-state index is 14.6. The summed E-state index contributed by atoms with van der Waals surface area (Å²) < 4.78 is 20.6. The van der Waals surface area contributed by atoms with Crippen molar-refractivity contribution < 1.29 is 19.0 Å². The van der Waals surface area contributed by atoms with Crippen LogP contribution in [-0.2, 0) is 23.2 Å². The van der Waals surface area contributed by atoms with Crippen LogP contribution in [0.4, 0.5) is 4.39 Å². The van der Waals surface area contributed by atoms with Gasteiger partial charge in [0, 0.05) is 24.1 Å². The molecule has 1 fully saturated rings. The molecule has 0 spiro atoms. The predicted molar refractivity (Wildman–Crippen MR) is 122 cm³/mol. The standard InChI is InChI=1S/C28H26FNO3/c1-28(2)12-20(17-5-3-4-6-23(17)29)18-9-15(7-8-22(18)28)14-33-24-11-16-10-19-25(21(16)13-30-24)26(19)27(31)32/h3-9,11,13,19-20,25-26H,10,12,14H2,1-2H3,(H,31,32)/t19-,20?,25-,26+/m1/s1. The summed E-state index contributed by atoms with van der Waals surface area (Å²) in [5, 5.41) is 9.29. The second-order valence-electron chi connectivity index (χ2n) is 10.4. The van der Waals surface area contributed by atoms with E-state index in [1.807, 2.05) is 18.2 Å². The molecule has 33 heavy (non-hydrogen) atoms. The van der Waals surface area contributed by atoms with Crippen molar-refractivity contribution in [2.75, 3.05) is 0 Å². The first-order valence-corrected chi connectivity index (χ1v) is 11.6. The van der Waals surface area contributed by atoms with Crippen LogP contribution in [-0.4, -0.2) is 16.1 Å². The van der Waals surface area contributed by atoms with E-state index >= 15 is 0 Å². The fourth-order valence-corrected chi connectivity index (χ4v) is 6.21. The first-order chi connectivity index (χ1) is 15.8. The van der Waals surface area contributed by atoms with Crippen LogP contribution in [0, 0.1) is 17.7 Å². The minimum absolute atomic E-state index is 0.0160. The van der Waals surface area contributed by atoms with Gasteiger partial charge >= 0.3 is 5.97 Å². The van der Waals surface area contributed by atoms with Crippen LogP contribution < -0.4 is 4.74 Å². The number of rotatable bonds is 5. The third-order valence-electron chi connectivity index (χ3n) is 7.87. The number of halogens is 1. The van der Waals surface area contributed by atoms with Crippen LogP contribution >= 0.6 is 0 Å². The molecule has 3 aliphatic carbocycles. The van der Waals surface area contributed by atoms with Crippen molar-refractivity contribution in [3.8, 4) is 5.88 Å². The Morgan fingerprint density at radius 3 is 2.76 bits per heavy atom. The molecule has 6 rings (SSSR count). The molecule has 168 valence electrons. The number of fused-ring (bicyclic) bond motifs is 4. The highest BCUT2D eigenvalue weighted by Crippen LogP contribution is 2.61. The smallest absolute Gasteiger partial charge is 0.307 e. The van der Waals surface area contributed by atoms with Gasteiger partial charge in [-0.25, -0.2) is 9.37 Å². The molecule has 1 unspecified atom stereocenters. The molecule has 2 aromatic carbocycles. The monoisotopic (exact) mass is 443 g/mol. The number of aliphatic carboxylic acids is 1. The van der Waals surface area contributed by atoms with Crippen LogP contribution in [0.2, 0.25) is 0 Å². The van der Waals surface area contributed by atoms with Gasteiger partial charge < -0.3 is 9.84 Å². The van der Waals surface area contributed by atoms with E-state index in [-0.39, 0.29) is 34.9 Å². The number of carbonyl (C=O) groups is 1. The average molecular weight is 444 g/mol. The van der Waals surface area contributed by atoms with Crippen LogP contribution in [0.15, 0.2) is 54.7 Å². The number of carboxylic acids is 1. The van der Waals surface area contributed by atoms with E-state index in [1.54, 1.807) is 12.3 Å². The minimum Gasteiger partial charge on any atom is -0.481 e. The summed E-state index contributed by atoms with van der Waals surface area (Å²) in [6.45, 7) is 4.82. The molecule has 3 aliphatic rings. The maximum Gasteiger partial charge on any atom is 0.307 e. The lowest BCUT2D eigenvalue weighted by Gasteiger charge is -2.19. The molecule has 1 N–H and O–H groups in total. The number of hydrogen-bond donors (Lipinski definition) is 1. The molecule has 0 bridgehead atoms. The number of nitrogens with zero attached hydrogens (tertiary/aromatic N) is 1.